The number of halogens is 1. The molecule has 1 amide bonds. The van der Waals surface area contributed by atoms with Crippen molar-refractivity contribution in [1.29, 1.82) is 0 Å². The molecule has 152 valence electrons. The minimum atomic E-state index is -0.235. The Morgan fingerprint density at radius 3 is 2.76 bits per heavy atom. The number of piperidine rings is 1. The summed E-state index contributed by atoms with van der Waals surface area (Å²) in [4.78, 5) is 19.2. The first-order chi connectivity index (χ1) is 14.0. The smallest absolute Gasteiger partial charge is 0.264 e. The number of nitrogens with zero attached hydrogens (tertiary/aromatic N) is 2. The molecule has 0 spiro atoms. The Balaban J connectivity index is 1.34. The minimum Gasteiger partial charge on any atom is -0.484 e. The number of ether oxygens (including phenoxy) is 1. The molecule has 1 saturated heterocycles. The number of carbonyl (C=O) groups is 1. The Morgan fingerprint density at radius 2 is 2.00 bits per heavy atom. The fourth-order valence-electron chi connectivity index (χ4n) is 3.43. The number of likely N-dealkylation sites (tertiary alicyclic amines) is 1. The summed E-state index contributed by atoms with van der Waals surface area (Å²) < 4.78 is 6.57. The second-order valence-electron chi connectivity index (χ2n) is 7.57. The van der Waals surface area contributed by atoms with Gasteiger partial charge >= 0.3 is 0 Å². The van der Waals surface area contributed by atoms with Crippen molar-refractivity contribution in [2.75, 3.05) is 25.0 Å². The van der Waals surface area contributed by atoms with Gasteiger partial charge in [-0.05, 0) is 73.8 Å². The zero-order valence-corrected chi connectivity index (χ0v) is 17.9. The average Bonchev–Trinajstić information content (AvgIpc) is 3.11. The van der Waals surface area contributed by atoms with E-state index in [2.05, 4.69) is 34.3 Å². The highest BCUT2D eigenvalue weighted by molar-refractivity contribution is 7.22. The molecule has 1 fully saturated rings. The Morgan fingerprint density at radius 1 is 1.24 bits per heavy atom. The van der Waals surface area contributed by atoms with Gasteiger partial charge in [-0.25, -0.2) is 4.98 Å². The van der Waals surface area contributed by atoms with Gasteiger partial charge in [0.15, 0.2) is 11.7 Å². The van der Waals surface area contributed by atoms with Crippen LogP contribution in [-0.4, -0.2) is 35.5 Å². The van der Waals surface area contributed by atoms with Crippen molar-refractivity contribution in [1.82, 2.24) is 9.88 Å². The molecule has 0 radical (unpaired) electrons. The van der Waals surface area contributed by atoms with Crippen LogP contribution in [0.4, 0.5) is 5.13 Å². The van der Waals surface area contributed by atoms with Crippen molar-refractivity contribution in [2.24, 2.45) is 5.92 Å². The van der Waals surface area contributed by atoms with Gasteiger partial charge in [-0.2, -0.15) is 0 Å². The molecule has 4 rings (SSSR count). The van der Waals surface area contributed by atoms with E-state index in [-0.39, 0.29) is 12.5 Å². The number of thiazole rings is 1. The summed E-state index contributed by atoms with van der Waals surface area (Å²) in [6, 6.07) is 13.3. The lowest BCUT2D eigenvalue weighted by Crippen LogP contribution is -2.32. The first-order valence-electron chi connectivity index (χ1n) is 9.85. The van der Waals surface area contributed by atoms with Crippen LogP contribution >= 0.6 is 22.9 Å². The molecule has 0 bridgehead atoms. The third-order valence-electron chi connectivity index (χ3n) is 5.17. The number of hydrogen-bond donors (Lipinski definition) is 1. The number of carbonyl (C=O) groups excluding carboxylic acids is 1. The molecule has 1 N–H and O–H groups in total. The summed E-state index contributed by atoms with van der Waals surface area (Å²) in [5.74, 6) is 1.21. The summed E-state index contributed by atoms with van der Waals surface area (Å²) in [6.45, 7) is 5.55. The van der Waals surface area contributed by atoms with E-state index in [1.54, 1.807) is 24.3 Å². The predicted octanol–water partition coefficient (Wildman–Crippen LogP) is 5.20. The second-order valence-corrected chi connectivity index (χ2v) is 9.04. The molecule has 5 nitrogen and oxygen atoms in total. The number of rotatable bonds is 6. The quantitative estimate of drug-likeness (QED) is 0.585. The lowest BCUT2D eigenvalue weighted by Gasteiger charge is -2.30. The maximum Gasteiger partial charge on any atom is 0.264 e. The third-order valence-corrected chi connectivity index (χ3v) is 6.35. The molecular formula is C22H24ClN3O2S. The first kappa shape index (κ1) is 20.1. The van der Waals surface area contributed by atoms with E-state index in [9.17, 15) is 4.79 Å². The monoisotopic (exact) mass is 429 g/mol. The number of amides is 1. The van der Waals surface area contributed by atoms with Crippen molar-refractivity contribution < 1.29 is 9.53 Å². The van der Waals surface area contributed by atoms with Gasteiger partial charge in [-0.1, -0.05) is 35.9 Å². The molecule has 1 aliphatic rings. The largest absolute Gasteiger partial charge is 0.484 e. The van der Waals surface area contributed by atoms with Gasteiger partial charge < -0.3 is 4.74 Å². The summed E-state index contributed by atoms with van der Waals surface area (Å²) >= 11 is 7.34. The molecule has 3 aromatic rings. The number of aromatic nitrogens is 1. The van der Waals surface area contributed by atoms with Gasteiger partial charge in [-0.15, -0.1) is 0 Å². The lowest BCUT2D eigenvalue weighted by atomic mass is 9.99. The van der Waals surface area contributed by atoms with Crippen molar-refractivity contribution in [3.63, 3.8) is 0 Å². The van der Waals surface area contributed by atoms with Gasteiger partial charge in [0.2, 0.25) is 0 Å². The van der Waals surface area contributed by atoms with E-state index in [4.69, 9.17) is 16.3 Å². The summed E-state index contributed by atoms with van der Waals surface area (Å²) in [6.07, 6.45) is 2.55. The maximum absolute atomic E-state index is 12.2. The maximum atomic E-state index is 12.2. The van der Waals surface area contributed by atoms with E-state index in [0.717, 1.165) is 35.8 Å². The van der Waals surface area contributed by atoms with E-state index in [1.807, 2.05) is 6.07 Å². The number of anilines is 1. The van der Waals surface area contributed by atoms with Crippen LogP contribution in [-0.2, 0) is 11.3 Å². The van der Waals surface area contributed by atoms with Crippen molar-refractivity contribution in [3.8, 4) is 5.75 Å². The molecular weight excluding hydrogens is 406 g/mol. The number of fused-ring (bicyclic) bond motifs is 1. The van der Waals surface area contributed by atoms with Gasteiger partial charge in [0.05, 0.1) is 10.2 Å². The van der Waals surface area contributed by atoms with E-state index in [1.165, 1.54) is 29.7 Å². The average molecular weight is 430 g/mol. The molecule has 0 aliphatic carbocycles. The van der Waals surface area contributed by atoms with Gasteiger partial charge in [0.25, 0.3) is 5.91 Å². The van der Waals surface area contributed by atoms with Crippen LogP contribution in [0.5, 0.6) is 5.75 Å². The van der Waals surface area contributed by atoms with Gasteiger partial charge in [0, 0.05) is 11.6 Å². The molecule has 29 heavy (non-hydrogen) atoms. The Hall–Kier alpha value is -2.15. The normalized spacial score (nSPS) is 15.5. The standard InChI is InChI=1S/C22H24ClN3O2S/c1-15-8-10-26(11-9-15)13-16-2-7-19-20(12-16)29-22(24-19)25-21(27)14-28-18-5-3-17(23)4-6-18/h2-7,12,15H,8-11,13-14H2,1H3,(H,24,25,27). The first-order valence-corrected chi connectivity index (χ1v) is 11.0. The number of benzene rings is 2. The summed E-state index contributed by atoms with van der Waals surface area (Å²) in [7, 11) is 0. The summed E-state index contributed by atoms with van der Waals surface area (Å²) in [5, 5.41) is 4.05. The second kappa shape index (κ2) is 9.11. The van der Waals surface area contributed by atoms with Gasteiger partial charge in [-0.3, -0.25) is 15.0 Å². The third kappa shape index (κ3) is 5.47. The van der Waals surface area contributed by atoms with Crippen LogP contribution in [0.1, 0.15) is 25.3 Å². The van der Waals surface area contributed by atoms with Crippen molar-refractivity contribution >= 4 is 44.2 Å². The van der Waals surface area contributed by atoms with Crippen LogP contribution in [0.15, 0.2) is 42.5 Å². The number of hydrogen-bond acceptors (Lipinski definition) is 5. The molecule has 2 heterocycles. The zero-order chi connectivity index (χ0) is 20.2. The van der Waals surface area contributed by atoms with E-state index in [0.29, 0.717) is 15.9 Å². The van der Waals surface area contributed by atoms with Crippen LogP contribution < -0.4 is 10.1 Å². The van der Waals surface area contributed by atoms with Crippen LogP contribution in [0.2, 0.25) is 5.02 Å². The fraction of sp³-hybridized carbons (Fsp3) is 0.364. The Labute approximate surface area is 179 Å². The molecule has 0 saturated carbocycles. The van der Waals surface area contributed by atoms with Crippen molar-refractivity contribution in [3.05, 3.63) is 53.1 Å². The van der Waals surface area contributed by atoms with E-state index >= 15 is 0 Å². The highest BCUT2D eigenvalue weighted by Crippen LogP contribution is 2.28. The van der Waals surface area contributed by atoms with Crippen molar-refractivity contribution in [2.45, 2.75) is 26.3 Å². The molecule has 0 unspecified atom stereocenters. The lowest BCUT2D eigenvalue weighted by molar-refractivity contribution is -0.118. The predicted molar refractivity (Wildman–Crippen MR) is 119 cm³/mol. The van der Waals surface area contributed by atoms with Crippen LogP contribution in [0, 0.1) is 5.92 Å². The Bertz CT molecular complexity index is 981. The minimum absolute atomic E-state index is 0.0732. The Kier molecular flexibility index (Phi) is 6.33. The molecule has 2 aromatic carbocycles. The summed E-state index contributed by atoms with van der Waals surface area (Å²) in [5.41, 5.74) is 2.19. The molecule has 7 heteroatoms. The molecule has 1 aromatic heterocycles. The van der Waals surface area contributed by atoms with Crippen LogP contribution in [0.3, 0.4) is 0 Å². The van der Waals surface area contributed by atoms with Crippen LogP contribution in [0.25, 0.3) is 10.2 Å². The number of nitrogens with one attached hydrogen (secondary N) is 1. The SMILES string of the molecule is CC1CCN(Cc2ccc3nc(NC(=O)COc4ccc(Cl)cc4)sc3c2)CC1. The highest BCUT2D eigenvalue weighted by atomic mass is 35.5. The zero-order valence-electron chi connectivity index (χ0n) is 16.4. The fourth-order valence-corrected chi connectivity index (χ4v) is 4.51. The van der Waals surface area contributed by atoms with E-state index < -0.39 is 0 Å². The van der Waals surface area contributed by atoms with Gasteiger partial charge in [0.1, 0.15) is 5.75 Å². The molecule has 0 atom stereocenters. The topological polar surface area (TPSA) is 54.5 Å². The molecule has 1 aliphatic heterocycles. The highest BCUT2D eigenvalue weighted by Gasteiger charge is 2.16.